The molecule has 0 aliphatic heterocycles. The molecule has 1 N–H and O–H groups in total. The van der Waals surface area contributed by atoms with Gasteiger partial charge in [-0.25, -0.2) is 4.39 Å². The summed E-state index contributed by atoms with van der Waals surface area (Å²) >= 11 is 5.71. The van der Waals surface area contributed by atoms with Crippen molar-refractivity contribution in [2.24, 2.45) is 0 Å². The molecule has 2 rings (SSSR count). The molecular weight excluding hydrogens is 255 g/mol. The maximum atomic E-state index is 13.6. The Morgan fingerprint density at radius 3 is 2.78 bits per heavy atom. The molecule has 0 bridgehead atoms. The Bertz CT molecular complexity index is 534. The van der Waals surface area contributed by atoms with Crippen LogP contribution in [-0.4, -0.2) is 5.16 Å². The van der Waals surface area contributed by atoms with Gasteiger partial charge >= 0.3 is 0 Å². The molecule has 0 saturated carbocycles. The summed E-state index contributed by atoms with van der Waals surface area (Å²) in [6, 6.07) is 4.98. The van der Waals surface area contributed by atoms with E-state index in [1.54, 1.807) is 12.1 Å². The summed E-state index contributed by atoms with van der Waals surface area (Å²) in [6.07, 6.45) is 0. The number of hydrogen-bond acceptors (Lipinski definition) is 3. The number of aromatic nitrogens is 1. The third kappa shape index (κ3) is 2.71. The summed E-state index contributed by atoms with van der Waals surface area (Å²) in [4.78, 5) is 0. The SMILES string of the molecule is Cc1noc(C)c1CNCc1cccc(Cl)c1F. The Hall–Kier alpha value is -1.39. The minimum atomic E-state index is -0.370. The molecule has 1 aromatic carbocycles. The molecule has 1 aromatic heterocycles. The van der Waals surface area contributed by atoms with Crippen LogP contribution in [0.1, 0.15) is 22.6 Å². The maximum absolute atomic E-state index is 13.6. The van der Waals surface area contributed by atoms with E-state index in [-0.39, 0.29) is 10.8 Å². The highest BCUT2D eigenvalue weighted by molar-refractivity contribution is 6.30. The topological polar surface area (TPSA) is 38.1 Å². The van der Waals surface area contributed by atoms with Gasteiger partial charge in [0, 0.05) is 24.2 Å². The van der Waals surface area contributed by atoms with Crippen molar-refractivity contribution in [1.82, 2.24) is 10.5 Å². The molecule has 0 spiro atoms. The summed E-state index contributed by atoms with van der Waals surface area (Å²) < 4.78 is 18.7. The van der Waals surface area contributed by atoms with E-state index in [0.717, 1.165) is 17.0 Å². The van der Waals surface area contributed by atoms with E-state index in [2.05, 4.69) is 10.5 Å². The van der Waals surface area contributed by atoms with Crippen LogP contribution in [-0.2, 0) is 13.1 Å². The van der Waals surface area contributed by atoms with Gasteiger partial charge in [0.15, 0.2) is 0 Å². The van der Waals surface area contributed by atoms with Crippen LogP contribution in [0.5, 0.6) is 0 Å². The third-order valence-electron chi connectivity index (χ3n) is 2.83. The highest BCUT2D eigenvalue weighted by atomic mass is 35.5. The fourth-order valence-corrected chi connectivity index (χ4v) is 1.96. The second-order valence-corrected chi connectivity index (χ2v) is 4.53. The molecule has 0 aliphatic rings. The standard InChI is InChI=1S/C13H14ClFN2O/c1-8-11(9(2)18-17-8)7-16-6-10-4-3-5-12(14)13(10)15/h3-5,16H,6-7H2,1-2H3. The fraction of sp³-hybridized carbons (Fsp3) is 0.308. The average Bonchev–Trinajstić information content (AvgIpc) is 2.66. The van der Waals surface area contributed by atoms with E-state index in [4.69, 9.17) is 16.1 Å². The Morgan fingerprint density at radius 1 is 1.33 bits per heavy atom. The minimum absolute atomic E-state index is 0.145. The lowest BCUT2D eigenvalue weighted by Crippen LogP contribution is -2.14. The smallest absolute Gasteiger partial charge is 0.146 e. The Morgan fingerprint density at radius 2 is 2.11 bits per heavy atom. The second-order valence-electron chi connectivity index (χ2n) is 4.12. The zero-order valence-electron chi connectivity index (χ0n) is 10.3. The molecular formula is C13H14ClFN2O. The first kappa shape index (κ1) is 13.1. The zero-order chi connectivity index (χ0) is 13.1. The van der Waals surface area contributed by atoms with E-state index in [0.29, 0.717) is 18.7 Å². The summed E-state index contributed by atoms with van der Waals surface area (Å²) in [5.74, 6) is 0.414. The monoisotopic (exact) mass is 268 g/mol. The van der Waals surface area contributed by atoms with Crippen molar-refractivity contribution in [3.05, 3.63) is 51.6 Å². The van der Waals surface area contributed by atoms with Crippen molar-refractivity contribution >= 4 is 11.6 Å². The first-order valence-electron chi connectivity index (χ1n) is 5.65. The number of hydrogen-bond donors (Lipinski definition) is 1. The summed E-state index contributed by atoms with van der Waals surface area (Å²) in [6.45, 7) is 4.74. The van der Waals surface area contributed by atoms with E-state index >= 15 is 0 Å². The van der Waals surface area contributed by atoms with Crippen LogP contribution in [0.4, 0.5) is 4.39 Å². The molecule has 5 heteroatoms. The third-order valence-corrected chi connectivity index (χ3v) is 3.12. The first-order chi connectivity index (χ1) is 8.59. The number of benzene rings is 1. The molecule has 3 nitrogen and oxygen atoms in total. The molecule has 0 amide bonds. The van der Waals surface area contributed by atoms with Crippen LogP contribution < -0.4 is 5.32 Å². The van der Waals surface area contributed by atoms with Crippen molar-refractivity contribution in [3.8, 4) is 0 Å². The zero-order valence-corrected chi connectivity index (χ0v) is 11.0. The fourth-order valence-electron chi connectivity index (χ4n) is 1.76. The highest BCUT2D eigenvalue weighted by Crippen LogP contribution is 2.18. The predicted molar refractivity (Wildman–Crippen MR) is 67.9 cm³/mol. The van der Waals surface area contributed by atoms with Gasteiger partial charge in [0.1, 0.15) is 11.6 Å². The van der Waals surface area contributed by atoms with Crippen LogP contribution in [0.15, 0.2) is 22.7 Å². The molecule has 0 aliphatic carbocycles. The lowest BCUT2D eigenvalue weighted by Gasteiger charge is -2.06. The molecule has 0 saturated heterocycles. The van der Waals surface area contributed by atoms with Gasteiger partial charge < -0.3 is 9.84 Å². The molecule has 2 aromatic rings. The normalized spacial score (nSPS) is 10.9. The van der Waals surface area contributed by atoms with Gasteiger partial charge in [0.25, 0.3) is 0 Å². The van der Waals surface area contributed by atoms with Crippen LogP contribution in [0.2, 0.25) is 5.02 Å². The van der Waals surface area contributed by atoms with Crippen molar-refractivity contribution in [1.29, 1.82) is 0 Å². The first-order valence-corrected chi connectivity index (χ1v) is 6.02. The van der Waals surface area contributed by atoms with E-state index in [1.165, 1.54) is 6.07 Å². The van der Waals surface area contributed by atoms with Gasteiger partial charge in [-0.2, -0.15) is 0 Å². The van der Waals surface area contributed by atoms with Crippen molar-refractivity contribution < 1.29 is 8.91 Å². The average molecular weight is 269 g/mol. The molecule has 1 heterocycles. The van der Waals surface area contributed by atoms with Crippen molar-refractivity contribution in [3.63, 3.8) is 0 Å². The van der Waals surface area contributed by atoms with Gasteiger partial charge in [0.2, 0.25) is 0 Å². The molecule has 0 unspecified atom stereocenters. The van der Waals surface area contributed by atoms with E-state index in [1.807, 2.05) is 13.8 Å². The van der Waals surface area contributed by atoms with Crippen molar-refractivity contribution in [2.75, 3.05) is 0 Å². The number of aryl methyl sites for hydroxylation is 2. The summed E-state index contributed by atoms with van der Waals surface area (Å²) in [5.41, 5.74) is 2.42. The molecule has 18 heavy (non-hydrogen) atoms. The number of nitrogens with one attached hydrogen (secondary N) is 1. The Balaban J connectivity index is 1.99. The van der Waals surface area contributed by atoms with Gasteiger partial charge in [0.05, 0.1) is 10.7 Å². The number of nitrogens with zero attached hydrogens (tertiary/aromatic N) is 1. The van der Waals surface area contributed by atoms with Gasteiger partial charge in [-0.15, -0.1) is 0 Å². The van der Waals surface area contributed by atoms with Gasteiger partial charge in [-0.1, -0.05) is 28.9 Å². The van der Waals surface area contributed by atoms with E-state index < -0.39 is 0 Å². The molecule has 96 valence electrons. The summed E-state index contributed by atoms with van der Waals surface area (Å²) in [7, 11) is 0. The van der Waals surface area contributed by atoms with Crippen molar-refractivity contribution in [2.45, 2.75) is 26.9 Å². The van der Waals surface area contributed by atoms with Crippen LogP contribution in [0.25, 0.3) is 0 Å². The Labute approximate surface area is 110 Å². The van der Waals surface area contributed by atoms with Crippen LogP contribution >= 0.6 is 11.6 Å². The second kappa shape index (κ2) is 5.50. The largest absolute Gasteiger partial charge is 0.361 e. The molecule has 0 radical (unpaired) electrons. The highest BCUT2D eigenvalue weighted by Gasteiger charge is 2.09. The van der Waals surface area contributed by atoms with Gasteiger partial charge in [-0.3, -0.25) is 0 Å². The maximum Gasteiger partial charge on any atom is 0.146 e. The quantitative estimate of drug-likeness (QED) is 0.924. The van der Waals surface area contributed by atoms with Gasteiger partial charge in [-0.05, 0) is 19.9 Å². The molecule has 0 fully saturated rings. The van der Waals surface area contributed by atoms with E-state index in [9.17, 15) is 4.39 Å². The summed E-state index contributed by atoms with van der Waals surface area (Å²) in [5, 5.41) is 7.16. The Kier molecular flexibility index (Phi) is 3.99. The lowest BCUT2D eigenvalue weighted by atomic mass is 10.2. The van der Waals surface area contributed by atoms with Crippen LogP contribution in [0.3, 0.4) is 0 Å². The minimum Gasteiger partial charge on any atom is -0.361 e. The van der Waals surface area contributed by atoms with Crippen LogP contribution in [0, 0.1) is 19.7 Å². The number of rotatable bonds is 4. The predicted octanol–water partition coefficient (Wildman–Crippen LogP) is 3.37. The lowest BCUT2D eigenvalue weighted by molar-refractivity contribution is 0.392. The molecule has 0 atom stereocenters. The number of halogens is 2.